The minimum Gasteiger partial charge on any atom is -0.496 e. The number of hydrogen-bond donors (Lipinski definition) is 2. The Morgan fingerprint density at radius 3 is 2.96 bits per heavy atom. The van der Waals surface area contributed by atoms with E-state index in [0.717, 1.165) is 40.3 Å². The van der Waals surface area contributed by atoms with Crippen LogP contribution in [0.5, 0.6) is 5.75 Å². The lowest BCUT2D eigenvalue weighted by molar-refractivity contribution is 0.408. The molecule has 0 unspecified atom stereocenters. The van der Waals surface area contributed by atoms with E-state index in [-0.39, 0.29) is 0 Å². The van der Waals surface area contributed by atoms with Crippen molar-refractivity contribution in [3.63, 3.8) is 0 Å². The molecule has 0 aliphatic heterocycles. The first kappa shape index (κ1) is 18.6. The second-order valence-corrected chi connectivity index (χ2v) is 7.40. The number of benzene rings is 1. The smallest absolute Gasteiger partial charge is 0.191 e. The molecular formula is C17H24N4OS2. The normalized spacial score (nSPS) is 11.4. The van der Waals surface area contributed by atoms with Crippen LogP contribution in [0.1, 0.15) is 17.5 Å². The van der Waals surface area contributed by atoms with Gasteiger partial charge >= 0.3 is 0 Å². The number of aryl methyl sites for hydroxylation is 1. The molecule has 2 aromatic rings. The number of hydrogen-bond acceptors (Lipinski definition) is 5. The molecular weight excluding hydrogens is 340 g/mol. The Morgan fingerprint density at radius 1 is 1.38 bits per heavy atom. The Labute approximate surface area is 151 Å². The van der Waals surface area contributed by atoms with E-state index >= 15 is 0 Å². The Morgan fingerprint density at radius 2 is 2.25 bits per heavy atom. The van der Waals surface area contributed by atoms with Crippen LogP contribution < -0.4 is 15.4 Å². The van der Waals surface area contributed by atoms with Gasteiger partial charge < -0.3 is 15.4 Å². The monoisotopic (exact) mass is 364 g/mol. The molecule has 5 nitrogen and oxygen atoms in total. The van der Waals surface area contributed by atoms with Gasteiger partial charge in [-0.05, 0) is 25.0 Å². The summed E-state index contributed by atoms with van der Waals surface area (Å²) in [7, 11) is 3.48. The second-order valence-electron chi connectivity index (χ2n) is 5.17. The van der Waals surface area contributed by atoms with Crippen LogP contribution in [0.15, 0.2) is 39.1 Å². The number of thioether (sulfide) groups is 1. The quantitative estimate of drug-likeness (QED) is 0.326. The van der Waals surface area contributed by atoms with Crippen LogP contribution in [0.25, 0.3) is 0 Å². The molecule has 0 spiro atoms. The maximum absolute atomic E-state index is 5.43. The summed E-state index contributed by atoms with van der Waals surface area (Å²) in [6.07, 6.45) is 2.90. The van der Waals surface area contributed by atoms with E-state index in [1.807, 2.05) is 17.6 Å². The number of nitrogens with zero attached hydrogens (tertiary/aromatic N) is 2. The van der Waals surface area contributed by atoms with E-state index in [0.29, 0.717) is 6.54 Å². The molecule has 0 aliphatic rings. The third-order valence-electron chi connectivity index (χ3n) is 3.36. The Balaban J connectivity index is 1.70. The van der Waals surface area contributed by atoms with Crippen molar-refractivity contribution in [2.75, 3.05) is 26.5 Å². The molecule has 0 bridgehead atoms. The fourth-order valence-electron chi connectivity index (χ4n) is 2.12. The molecule has 0 saturated heterocycles. The van der Waals surface area contributed by atoms with Crippen molar-refractivity contribution in [1.29, 1.82) is 0 Å². The molecule has 1 heterocycles. The van der Waals surface area contributed by atoms with Gasteiger partial charge in [0.25, 0.3) is 0 Å². The number of guanidine groups is 1. The van der Waals surface area contributed by atoms with Gasteiger partial charge in [0.2, 0.25) is 0 Å². The molecule has 2 N–H and O–H groups in total. The van der Waals surface area contributed by atoms with Crippen LogP contribution in [0.3, 0.4) is 0 Å². The first-order valence-electron chi connectivity index (χ1n) is 7.83. The largest absolute Gasteiger partial charge is 0.496 e. The molecule has 0 amide bonds. The minimum atomic E-state index is 0.678. The molecule has 1 aromatic carbocycles. The number of aliphatic imine (C=N–C) groups is 1. The molecule has 7 heteroatoms. The van der Waals surface area contributed by atoms with Crippen molar-refractivity contribution in [1.82, 2.24) is 15.6 Å². The van der Waals surface area contributed by atoms with E-state index in [2.05, 4.69) is 39.7 Å². The molecule has 130 valence electrons. The summed E-state index contributed by atoms with van der Waals surface area (Å²) < 4.78 is 6.56. The molecule has 0 fully saturated rings. The van der Waals surface area contributed by atoms with Crippen molar-refractivity contribution < 1.29 is 4.74 Å². The Hall–Kier alpha value is -1.73. The lowest BCUT2D eigenvalue weighted by Crippen LogP contribution is -2.37. The number of thiazole rings is 1. The van der Waals surface area contributed by atoms with E-state index in [4.69, 9.17) is 4.74 Å². The minimum absolute atomic E-state index is 0.678. The summed E-state index contributed by atoms with van der Waals surface area (Å²) in [5.41, 5.74) is 2.31. The van der Waals surface area contributed by atoms with Crippen LogP contribution >= 0.6 is 23.1 Å². The topological polar surface area (TPSA) is 58.5 Å². The Bertz CT molecular complexity index is 644. The van der Waals surface area contributed by atoms with Crippen LogP contribution in [0, 0.1) is 6.92 Å². The van der Waals surface area contributed by atoms with Gasteiger partial charge in [-0.1, -0.05) is 23.9 Å². The van der Waals surface area contributed by atoms with Crippen LogP contribution in [0.2, 0.25) is 0 Å². The third kappa shape index (κ3) is 6.05. The second kappa shape index (κ2) is 10.2. The fourth-order valence-corrected chi connectivity index (χ4v) is 3.76. The average Bonchev–Trinajstić information content (AvgIpc) is 3.11. The number of rotatable bonds is 8. The lowest BCUT2D eigenvalue weighted by atomic mass is 10.1. The van der Waals surface area contributed by atoms with Gasteiger partial charge in [0.05, 0.1) is 7.11 Å². The zero-order valence-electron chi connectivity index (χ0n) is 14.3. The van der Waals surface area contributed by atoms with Gasteiger partial charge in [0.15, 0.2) is 5.96 Å². The van der Waals surface area contributed by atoms with Crippen LogP contribution in [-0.4, -0.2) is 37.4 Å². The molecule has 0 radical (unpaired) electrons. The predicted molar refractivity (Wildman–Crippen MR) is 103 cm³/mol. The summed E-state index contributed by atoms with van der Waals surface area (Å²) in [4.78, 5) is 8.52. The maximum Gasteiger partial charge on any atom is 0.191 e. The molecule has 1 aromatic heterocycles. The zero-order chi connectivity index (χ0) is 17.2. The van der Waals surface area contributed by atoms with Crippen molar-refractivity contribution in [2.24, 2.45) is 4.99 Å². The fraction of sp³-hybridized carbons (Fsp3) is 0.412. The highest BCUT2D eigenvalue weighted by atomic mass is 32.2. The summed E-state index contributed by atoms with van der Waals surface area (Å²) >= 11 is 3.48. The van der Waals surface area contributed by atoms with Crippen molar-refractivity contribution in [3.8, 4) is 5.75 Å². The van der Waals surface area contributed by atoms with Crippen LogP contribution in [0.4, 0.5) is 0 Å². The number of methoxy groups -OCH3 is 1. The highest BCUT2D eigenvalue weighted by Crippen LogP contribution is 2.20. The van der Waals surface area contributed by atoms with E-state index in [1.165, 1.54) is 5.56 Å². The highest BCUT2D eigenvalue weighted by Gasteiger charge is 2.04. The predicted octanol–water partition coefficient (Wildman–Crippen LogP) is 3.31. The maximum atomic E-state index is 5.43. The highest BCUT2D eigenvalue weighted by molar-refractivity contribution is 8.00. The van der Waals surface area contributed by atoms with Gasteiger partial charge in [-0.3, -0.25) is 4.99 Å². The zero-order valence-corrected chi connectivity index (χ0v) is 16.0. The third-order valence-corrected chi connectivity index (χ3v) is 5.41. The molecule has 2 rings (SSSR count). The first-order valence-corrected chi connectivity index (χ1v) is 9.69. The Kier molecular flexibility index (Phi) is 7.91. The van der Waals surface area contributed by atoms with E-state index in [1.54, 1.807) is 37.3 Å². The van der Waals surface area contributed by atoms with E-state index < -0.39 is 0 Å². The molecule has 0 atom stereocenters. The van der Waals surface area contributed by atoms with Crippen LogP contribution in [-0.2, 0) is 6.54 Å². The molecule has 0 saturated carbocycles. The van der Waals surface area contributed by atoms with Gasteiger partial charge in [-0.25, -0.2) is 4.98 Å². The molecule has 0 aliphatic carbocycles. The number of ether oxygens (including phenoxy) is 1. The van der Waals surface area contributed by atoms with Crippen molar-refractivity contribution >= 4 is 29.1 Å². The first-order chi connectivity index (χ1) is 11.7. The van der Waals surface area contributed by atoms with E-state index in [9.17, 15) is 0 Å². The van der Waals surface area contributed by atoms with Crippen molar-refractivity contribution in [2.45, 2.75) is 24.2 Å². The lowest BCUT2D eigenvalue weighted by Gasteiger charge is -2.14. The average molecular weight is 365 g/mol. The summed E-state index contributed by atoms with van der Waals surface area (Å²) in [6, 6.07) is 6.22. The van der Waals surface area contributed by atoms with Gasteiger partial charge in [-0.15, -0.1) is 11.3 Å². The van der Waals surface area contributed by atoms with Crippen molar-refractivity contribution in [3.05, 3.63) is 40.9 Å². The number of nitrogens with one attached hydrogen (secondary N) is 2. The van der Waals surface area contributed by atoms with Gasteiger partial charge in [0.1, 0.15) is 10.1 Å². The standard InChI is InChI=1S/C17H24N4OS2/c1-13-5-6-14(15(11-13)22-3)12-21-16(18-2)19-7-4-9-23-17-20-8-10-24-17/h5-6,8,10-11H,4,7,9,12H2,1-3H3,(H2,18,19,21). The molecule has 24 heavy (non-hydrogen) atoms. The summed E-state index contributed by atoms with van der Waals surface area (Å²) in [5, 5.41) is 8.67. The SMILES string of the molecule is CN=C(NCCCSc1nccs1)NCc1ccc(C)cc1OC. The van der Waals surface area contributed by atoms with Gasteiger partial charge in [-0.2, -0.15) is 0 Å². The summed E-state index contributed by atoms with van der Waals surface area (Å²) in [6.45, 7) is 3.62. The van der Waals surface area contributed by atoms with Gasteiger partial charge in [0, 0.05) is 43.0 Å². The summed E-state index contributed by atoms with van der Waals surface area (Å²) in [5.74, 6) is 2.75. The number of aromatic nitrogens is 1.